The Kier molecular flexibility index (Phi) is 23.4. The van der Waals surface area contributed by atoms with Crippen molar-refractivity contribution >= 4 is 30.8 Å². The molecule has 0 unspecified atom stereocenters. The molecule has 3 aliphatic carbocycles. The van der Waals surface area contributed by atoms with Crippen LogP contribution in [-0.4, -0.2) is 60.7 Å². The third-order valence-corrected chi connectivity index (χ3v) is 12.4. The van der Waals surface area contributed by atoms with Gasteiger partial charge in [-0.2, -0.15) is 0 Å². The number of hydrogen-bond acceptors (Lipinski definition) is 8. The van der Waals surface area contributed by atoms with E-state index in [1.165, 1.54) is 44.7 Å². The van der Waals surface area contributed by atoms with Crippen LogP contribution in [0.15, 0.2) is 20.6 Å². The molecule has 3 rings (SSSR count). The summed E-state index contributed by atoms with van der Waals surface area (Å²) in [5.41, 5.74) is 4.93. The second kappa shape index (κ2) is 22.8. The van der Waals surface area contributed by atoms with Crippen molar-refractivity contribution in [2.24, 2.45) is 20.6 Å². The van der Waals surface area contributed by atoms with Crippen LogP contribution in [0.4, 0.5) is 0 Å². The second-order valence-corrected chi connectivity index (χ2v) is 13.7. The standard InChI is InChI=1S/C18H33P.2C4H8N2O2.CH3.Co/c1-4-10-16(11-5-1)19(17-12-6-2-7-13-17)18-14-8-3-9-15-18;2*1-3(5-7)4(2)6-8;;/h16-18H,1-15H2;2*7-8H,1-2H3;1H3;/q;;;-1;/p+1. The third kappa shape index (κ3) is 14.5. The summed E-state index contributed by atoms with van der Waals surface area (Å²) in [6.07, 6.45) is 23.8. The Morgan fingerprint density at radius 1 is 0.459 bits per heavy atom. The minimum atomic E-state index is -0.0465. The van der Waals surface area contributed by atoms with E-state index in [9.17, 15) is 0 Å². The van der Waals surface area contributed by atoms with Gasteiger partial charge in [-0.25, -0.2) is 0 Å². The molecule has 8 nitrogen and oxygen atoms in total. The van der Waals surface area contributed by atoms with Crippen LogP contribution in [0.25, 0.3) is 0 Å². The van der Waals surface area contributed by atoms with Crippen LogP contribution in [0.3, 0.4) is 0 Å². The topological polar surface area (TPSA) is 130 Å². The molecule has 0 saturated heterocycles. The summed E-state index contributed by atoms with van der Waals surface area (Å²) in [5, 5.41) is 43.3. The Bertz CT molecular complexity index is 594. The van der Waals surface area contributed by atoms with Gasteiger partial charge in [0, 0.05) is 24.7 Å². The molecule has 1 radical (unpaired) electrons. The van der Waals surface area contributed by atoms with Gasteiger partial charge in [0.2, 0.25) is 0 Å². The molecule has 0 amide bonds. The van der Waals surface area contributed by atoms with E-state index in [4.69, 9.17) is 20.8 Å². The van der Waals surface area contributed by atoms with Gasteiger partial charge in [0.15, 0.2) is 0 Å². The molecule has 0 atom stereocenters. The largest absolute Gasteiger partial charge is 0.411 e. The first kappa shape index (κ1) is 38.0. The van der Waals surface area contributed by atoms with Crippen molar-refractivity contribution in [2.45, 2.75) is 141 Å². The zero-order valence-corrected chi connectivity index (χ0v) is 25.8. The van der Waals surface area contributed by atoms with Crippen LogP contribution in [0.5, 0.6) is 0 Å². The fourth-order valence-corrected chi connectivity index (χ4v) is 10.8. The molecule has 0 aromatic heterocycles. The first-order chi connectivity index (χ1) is 16.9. The average molecular weight is 588 g/mol. The minimum Gasteiger partial charge on any atom is -0.411 e. The van der Waals surface area contributed by atoms with Gasteiger partial charge in [-0.1, -0.05) is 39.9 Å². The molecule has 10 heteroatoms. The molecule has 3 fully saturated rings. The van der Waals surface area contributed by atoms with Gasteiger partial charge in [-0.15, -0.1) is 0 Å². The van der Waals surface area contributed by atoms with E-state index in [0.717, 1.165) is 0 Å². The van der Waals surface area contributed by atoms with E-state index in [2.05, 4.69) is 20.6 Å². The van der Waals surface area contributed by atoms with Crippen molar-refractivity contribution in [1.82, 2.24) is 0 Å². The Labute approximate surface area is 237 Å². The molecule has 3 aliphatic rings. The molecule has 0 aromatic rings. The number of hydrogen-bond donors (Lipinski definition) is 4. The van der Waals surface area contributed by atoms with Crippen LogP contribution < -0.4 is 0 Å². The summed E-state index contributed by atoms with van der Waals surface area (Å²) < 4.78 is 0. The van der Waals surface area contributed by atoms with Crippen LogP contribution in [0.2, 0.25) is 0 Å². The first-order valence-corrected chi connectivity index (χ1v) is 15.2. The van der Waals surface area contributed by atoms with Gasteiger partial charge in [0.25, 0.3) is 0 Å². The number of nitrogens with zero attached hydrogens (tertiary/aromatic N) is 4. The van der Waals surface area contributed by atoms with Gasteiger partial charge in [0.05, 0.1) is 17.0 Å². The molecule has 0 aromatic carbocycles. The summed E-state index contributed by atoms with van der Waals surface area (Å²) in [4.78, 5) is 0. The van der Waals surface area contributed by atoms with Crippen LogP contribution in [0, 0.1) is 7.43 Å². The van der Waals surface area contributed by atoms with E-state index in [0.29, 0.717) is 22.8 Å². The summed E-state index contributed by atoms with van der Waals surface area (Å²) in [7, 11) is -0.0465. The van der Waals surface area contributed by atoms with Gasteiger partial charge in [-0.3, -0.25) is 0 Å². The molecule has 3 saturated carbocycles. The molecule has 219 valence electrons. The van der Waals surface area contributed by atoms with Crippen molar-refractivity contribution < 1.29 is 37.6 Å². The van der Waals surface area contributed by atoms with E-state index in [-0.39, 0.29) is 32.1 Å². The molecule has 0 bridgehead atoms. The Morgan fingerprint density at radius 3 is 0.811 bits per heavy atom. The van der Waals surface area contributed by atoms with Crippen LogP contribution >= 0.6 is 7.92 Å². The second-order valence-electron chi connectivity index (χ2n) is 10.2. The van der Waals surface area contributed by atoms with Crippen molar-refractivity contribution in [3.8, 4) is 0 Å². The molecule has 0 heterocycles. The monoisotopic (exact) mass is 587 g/mol. The van der Waals surface area contributed by atoms with E-state index < -0.39 is 0 Å². The maximum Gasteiger partial charge on any atom is 0.101 e. The van der Waals surface area contributed by atoms with E-state index in [1.54, 1.807) is 96.3 Å². The molecule has 37 heavy (non-hydrogen) atoms. The van der Waals surface area contributed by atoms with Crippen molar-refractivity contribution in [2.75, 3.05) is 0 Å². The van der Waals surface area contributed by atoms with Gasteiger partial charge in [0.1, 0.15) is 22.8 Å². The van der Waals surface area contributed by atoms with Crippen LogP contribution in [-0.2, 0) is 16.8 Å². The van der Waals surface area contributed by atoms with Crippen molar-refractivity contribution in [3.63, 3.8) is 0 Å². The maximum atomic E-state index is 8.03. The summed E-state index contributed by atoms with van der Waals surface area (Å²) >= 11 is 0. The average Bonchev–Trinajstić information content (AvgIpc) is 2.93. The quantitative estimate of drug-likeness (QED) is 0.0853. The fraction of sp³-hybridized carbons (Fsp3) is 0.815. The minimum absolute atomic E-state index is 0. The predicted molar refractivity (Wildman–Crippen MR) is 155 cm³/mol. The Hall–Kier alpha value is -1.18. The summed E-state index contributed by atoms with van der Waals surface area (Å²) in [6.45, 7) is 6.15. The SMILES string of the molecule is C1CCC([PH+](C2CCCCC2)C2CCCCC2)CC1.CC(=NO)C(C)=NO.CC(=NO)C(C)=NO.[CH3-].[Co]. The third-order valence-electron chi connectivity index (χ3n) is 7.88. The van der Waals surface area contributed by atoms with E-state index >= 15 is 0 Å². The molecule has 4 N–H and O–H groups in total. The number of rotatable bonds is 5. The predicted octanol–water partition coefficient (Wildman–Crippen LogP) is 8.02. The smallest absolute Gasteiger partial charge is 0.101 e. The van der Waals surface area contributed by atoms with E-state index in [1.807, 2.05) is 0 Å². The molecular formula is C27H53CoN4O4P. The zero-order chi connectivity index (χ0) is 26.1. The molecular weight excluding hydrogens is 534 g/mol. The zero-order valence-electron chi connectivity index (χ0n) is 23.7. The van der Waals surface area contributed by atoms with Crippen molar-refractivity contribution in [3.05, 3.63) is 7.43 Å². The van der Waals surface area contributed by atoms with Gasteiger partial charge in [-0.05, 0) is 105 Å². The first-order valence-electron chi connectivity index (χ1n) is 13.5. The maximum absolute atomic E-state index is 8.03. The Morgan fingerprint density at radius 2 is 0.649 bits per heavy atom. The molecule has 0 spiro atoms. The molecule has 0 aliphatic heterocycles. The summed E-state index contributed by atoms with van der Waals surface area (Å²) in [5.74, 6) is 0. The Balaban J connectivity index is 0. The van der Waals surface area contributed by atoms with Gasteiger partial charge < -0.3 is 28.3 Å². The van der Waals surface area contributed by atoms with Crippen LogP contribution in [0.1, 0.15) is 124 Å². The fourth-order valence-electron chi connectivity index (χ4n) is 5.60. The number of oxime groups is 4. The summed E-state index contributed by atoms with van der Waals surface area (Å²) in [6, 6.07) is 0. The van der Waals surface area contributed by atoms with Gasteiger partial charge >= 0.3 is 0 Å². The van der Waals surface area contributed by atoms with Crippen molar-refractivity contribution in [1.29, 1.82) is 0 Å². The normalized spacial score (nSPS) is 21.0.